The van der Waals surface area contributed by atoms with Gasteiger partial charge in [-0.15, -0.1) is 11.3 Å². The smallest absolute Gasteiger partial charge is 0.187 e. The van der Waals surface area contributed by atoms with Gasteiger partial charge in [0.25, 0.3) is 0 Å². The number of hydrogen-bond acceptors (Lipinski definition) is 5. The summed E-state index contributed by atoms with van der Waals surface area (Å²) in [7, 11) is 3.62. The van der Waals surface area contributed by atoms with Crippen molar-refractivity contribution in [3.63, 3.8) is 0 Å². The van der Waals surface area contributed by atoms with Crippen LogP contribution in [-0.2, 0) is 13.5 Å². The van der Waals surface area contributed by atoms with Crippen LogP contribution < -0.4 is 10.1 Å². The summed E-state index contributed by atoms with van der Waals surface area (Å²) in [5.74, 6) is 1.21. The predicted molar refractivity (Wildman–Crippen MR) is 122 cm³/mol. The maximum Gasteiger partial charge on any atom is 0.187 e. The monoisotopic (exact) mass is 416 g/mol. The average molecular weight is 417 g/mol. The summed E-state index contributed by atoms with van der Waals surface area (Å²) in [4.78, 5) is 6.40. The summed E-state index contributed by atoms with van der Waals surface area (Å²) in [6.07, 6.45) is 7.32. The summed E-state index contributed by atoms with van der Waals surface area (Å²) in [5, 5.41) is 8.71. The van der Waals surface area contributed by atoms with Crippen molar-refractivity contribution < 1.29 is 4.74 Å². The van der Waals surface area contributed by atoms with Crippen LogP contribution in [0.1, 0.15) is 34.9 Å². The number of nitrogens with one attached hydrogen (secondary N) is 1. The maximum absolute atomic E-state index is 5.65. The van der Waals surface area contributed by atoms with Crippen LogP contribution in [-0.4, -0.2) is 21.9 Å². The largest absolute Gasteiger partial charge is 0.496 e. The quantitative estimate of drug-likeness (QED) is 0.449. The lowest BCUT2D eigenvalue weighted by Gasteiger charge is -2.21. The molecule has 0 spiro atoms. The van der Waals surface area contributed by atoms with Crippen molar-refractivity contribution in [2.45, 2.75) is 25.2 Å². The van der Waals surface area contributed by atoms with Crippen molar-refractivity contribution in [3.8, 4) is 16.9 Å². The lowest BCUT2D eigenvalue weighted by atomic mass is 9.85. The molecular formula is C24H24N4OS. The molecule has 5 nitrogen and oxygen atoms in total. The fourth-order valence-corrected chi connectivity index (χ4v) is 5.26. The molecule has 30 heavy (non-hydrogen) atoms. The molecule has 0 saturated heterocycles. The summed E-state index contributed by atoms with van der Waals surface area (Å²) in [5.41, 5.74) is 5.63. The van der Waals surface area contributed by atoms with Gasteiger partial charge < -0.3 is 10.1 Å². The Balaban J connectivity index is 1.42. The molecule has 0 radical (unpaired) electrons. The van der Waals surface area contributed by atoms with Crippen LogP contribution in [0.3, 0.4) is 0 Å². The van der Waals surface area contributed by atoms with E-state index >= 15 is 0 Å². The highest BCUT2D eigenvalue weighted by molar-refractivity contribution is 7.15. The highest BCUT2D eigenvalue weighted by Crippen LogP contribution is 2.41. The van der Waals surface area contributed by atoms with Gasteiger partial charge in [-0.25, -0.2) is 4.98 Å². The number of methoxy groups -OCH3 is 1. The zero-order chi connectivity index (χ0) is 20.5. The Morgan fingerprint density at radius 2 is 2.03 bits per heavy atom. The zero-order valence-corrected chi connectivity index (χ0v) is 17.9. The molecule has 5 rings (SSSR count). The second-order valence-electron chi connectivity index (χ2n) is 7.63. The summed E-state index contributed by atoms with van der Waals surface area (Å²) in [6, 6.07) is 16.9. The Kier molecular flexibility index (Phi) is 5.01. The fourth-order valence-electron chi connectivity index (χ4n) is 4.17. The van der Waals surface area contributed by atoms with E-state index in [0.29, 0.717) is 5.92 Å². The third-order valence-electron chi connectivity index (χ3n) is 5.62. The molecule has 6 heteroatoms. The van der Waals surface area contributed by atoms with E-state index in [1.165, 1.54) is 22.6 Å². The Morgan fingerprint density at radius 3 is 2.80 bits per heavy atom. The minimum Gasteiger partial charge on any atom is -0.496 e. The molecule has 1 aliphatic carbocycles. The highest BCUT2D eigenvalue weighted by atomic mass is 32.1. The summed E-state index contributed by atoms with van der Waals surface area (Å²) in [6.45, 7) is 0. The van der Waals surface area contributed by atoms with Crippen molar-refractivity contribution in [2.24, 2.45) is 7.05 Å². The number of ether oxygens (including phenoxy) is 1. The number of aromatic nitrogens is 3. The molecule has 0 aliphatic heterocycles. The Bertz CT molecular complexity index is 1170. The van der Waals surface area contributed by atoms with Crippen LogP contribution in [0, 0.1) is 0 Å². The second-order valence-corrected chi connectivity index (χ2v) is 8.71. The SMILES string of the molecule is COc1cc(Nc2nc3c(s2)CCCC3c2ccccc2)ccc1-c1cnn(C)c1. The van der Waals surface area contributed by atoms with Crippen LogP contribution in [0.4, 0.5) is 10.8 Å². The molecule has 0 saturated carbocycles. The normalized spacial score (nSPS) is 15.6. The van der Waals surface area contributed by atoms with Crippen LogP contribution in [0.5, 0.6) is 5.75 Å². The van der Waals surface area contributed by atoms with Gasteiger partial charge in [0.2, 0.25) is 0 Å². The van der Waals surface area contributed by atoms with E-state index in [-0.39, 0.29) is 0 Å². The topological polar surface area (TPSA) is 52.0 Å². The van der Waals surface area contributed by atoms with E-state index in [9.17, 15) is 0 Å². The van der Waals surface area contributed by atoms with E-state index in [1.54, 1.807) is 23.1 Å². The molecule has 1 aliphatic rings. The molecule has 1 atom stereocenters. The first-order valence-corrected chi connectivity index (χ1v) is 11.0. The van der Waals surface area contributed by atoms with Gasteiger partial charge >= 0.3 is 0 Å². The number of hydrogen-bond donors (Lipinski definition) is 1. The number of nitrogens with zero attached hydrogens (tertiary/aromatic N) is 3. The van der Waals surface area contributed by atoms with Gasteiger partial charge in [-0.3, -0.25) is 4.68 Å². The molecule has 2 aromatic carbocycles. The fraction of sp³-hybridized carbons (Fsp3) is 0.250. The number of fused-ring (bicyclic) bond motifs is 1. The molecule has 2 heterocycles. The molecule has 1 N–H and O–H groups in total. The second kappa shape index (κ2) is 7.95. The van der Waals surface area contributed by atoms with Crippen molar-refractivity contribution in [1.82, 2.24) is 14.8 Å². The molecule has 0 amide bonds. The molecular weight excluding hydrogens is 392 g/mol. The van der Waals surface area contributed by atoms with E-state index in [2.05, 4.69) is 52.9 Å². The Labute approximate surface area is 180 Å². The predicted octanol–water partition coefficient (Wildman–Crippen LogP) is 5.76. The van der Waals surface area contributed by atoms with Crippen LogP contribution in [0.2, 0.25) is 0 Å². The van der Waals surface area contributed by atoms with E-state index in [4.69, 9.17) is 9.72 Å². The van der Waals surface area contributed by atoms with Gasteiger partial charge in [-0.1, -0.05) is 30.3 Å². The number of thiazole rings is 1. The zero-order valence-electron chi connectivity index (χ0n) is 17.1. The third kappa shape index (κ3) is 3.59. The Hall–Kier alpha value is -3.12. The first-order chi connectivity index (χ1) is 14.7. The molecule has 1 unspecified atom stereocenters. The molecule has 0 fully saturated rings. The average Bonchev–Trinajstić information content (AvgIpc) is 3.39. The Morgan fingerprint density at radius 1 is 1.17 bits per heavy atom. The van der Waals surface area contributed by atoms with E-state index in [0.717, 1.165) is 40.5 Å². The van der Waals surface area contributed by atoms with Crippen LogP contribution >= 0.6 is 11.3 Å². The molecule has 2 aromatic heterocycles. The van der Waals surface area contributed by atoms with Crippen molar-refractivity contribution in [1.29, 1.82) is 0 Å². The van der Waals surface area contributed by atoms with E-state index < -0.39 is 0 Å². The number of benzene rings is 2. The van der Waals surface area contributed by atoms with Crippen molar-refractivity contribution in [2.75, 3.05) is 12.4 Å². The van der Waals surface area contributed by atoms with Crippen LogP contribution in [0.15, 0.2) is 60.9 Å². The minimum atomic E-state index is 0.393. The van der Waals surface area contributed by atoms with Gasteiger partial charge in [-0.05, 0) is 37.0 Å². The minimum absolute atomic E-state index is 0.393. The van der Waals surface area contributed by atoms with Gasteiger partial charge in [0, 0.05) is 46.9 Å². The lowest BCUT2D eigenvalue weighted by Crippen LogP contribution is -2.09. The van der Waals surface area contributed by atoms with Crippen molar-refractivity contribution in [3.05, 3.63) is 77.1 Å². The van der Waals surface area contributed by atoms with E-state index in [1.807, 2.05) is 25.5 Å². The maximum atomic E-state index is 5.65. The first kappa shape index (κ1) is 18.9. The van der Waals surface area contributed by atoms with Gasteiger partial charge in [0.15, 0.2) is 5.13 Å². The molecule has 0 bridgehead atoms. The highest BCUT2D eigenvalue weighted by Gasteiger charge is 2.26. The lowest BCUT2D eigenvalue weighted by molar-refractivity contribution is 0.416. The molecule has 152 valence electrons. The van der Waals surface area contributed by atoms with Gasteiger partial charge in [0.1, 0.15) is 5.75 Å². The number of aryl methyl sites for hydroxylation is 2. The van der Waals surface area contributed by atoms with Crippen molar-refractivity contribution >= 4 is 22.2 Å². The number of anilines is 2. The third-order valence-corrected chi connectivity index (χ3v) is 6.67. The van der Waals surface area contributed by atoms with Gasteiger partial charge in [0.05, 0.1) is 19.0 Å². The first-order valence-electron chi connectivity index (χ1n) is 10.2. The summed E-state index contributed by atoms with van der Waals surface area (Å²) >= 11 is 1.77. The standard InChI is InChI=1S/C24H24N4OS/c1-28-15-17(14-25-28)19-12-11-18(13-21(19)29-2)26-24-27-23-20(9-6-10-22(23)30-24)16-7-4-3-5-8-16/h3-5,7-8,11-15,20H,6,9-10H2,1-2H3,(H,26,27). The number of rotatable bonds is 5. The summed E-state index contributed by atoms with van der Waals surface area (Å²) < 4.78 is 7.45. The van der Waals surface area contributed by atoms with Crippen LogP contribution in [0.25, 0.3) is 11.1 Å². The van der Waals surface area contributed by atoms with Gasteiger partial charge in [-0.2, -0.15) is 5.10 Å². The molecule has 4 aromatic rings.